The van der Waals surface area contributed by atoms with E-state index in [9.17, 15) is 9.59 Å². The summed E-state index contributed by atoms with van der Waals surface area (Å²) in [5, 5.41) is 2.63. The zero-order valence-electron chi connectivity index (χ0n) is 15.5. The van der Waals surface area contributed by atoms with Crippen molar-refractivity contribution in [3.05, 3.63) is 0 Å². The van der Waals surface area contributed by atoms with Gasteiger partial charge in [-0.05, 0) is 46.6 Å². The average Bonchev–Trinajstić information content (AvgIpc) is 2.60. The lowest BCUT2D eigenvalue weighted by Crippen LogP contribution is -2.49. The van der Waals surface area contributed by atoms with Crippen molar-refractivity contribution < 1.29 is 14.3 Å². The van der Waals surface area contributed by atoms with Gasteiger partial charge >= 0.3 is 6.09 Å². The minimum absolute atomic E-state index is 0.0396. The van der Waals surface area contributed by atoms with Crippen molar-refractivity contribution in [3.8, 4) is 0 Å². The maximum Gasteiger partial charge on any atom is 0.408 e. The summed E-state index contributed by atoms with van der Waals surface area (Å²) in [7, 11) is 0. The molecule has 0 aromatic rings. The molecule has 1 aliphatic heterocycles. The van der Waals surface area contributed by atoms with Crippen molar-refractivity contribution in [2.24, 2.45) is 5.92 Å². The largest absolute Gasteiger partial charge is 0.444 e. The Morgan fingerprint density at radius 1 is 1.09 bits per heavy atom. The Kier molecular flexibility index (Phi) is 7.32. The van der Waals surface area contributed by atoms with Gasteiger partial charge in [0.25, 0.3) is 0 Å². The van der Waals surface area contributed by atoms with E-state index in [0.29, 0.717) is 12.5 Å². The average molecular weight is 327 g/mol. The number of carbonyl (C=O) groups excluding carboxylic acids is 2. The predicted molar refractivity (Wildman–Crippen MR) is 91.3 cm³/mol. The monoisotopic (exact) mass is 327 g/mol. The van der Waals surface area contributed by atoms with Crippen LogP contribution in [0.1, 0.15) is 48.0 Å². The molecule has 6 nitrogen and oxygen atoms in total. The molecule has 1 rings (SSSR count). The van der Waals surface area contributed by atoms with E-state index in [1.165, 1.54) is 0 Å². The summed E-state index contributed by atoms with van der Waals surface area (Å²) in [6.45, 7) is 16.0. The molecule has 0 aliphatic carbocycles. The highest BCUT2D eigenvalue weighted by Crippen LogP contribution is 2.09. The second-order valence-electron chi connectivity index (χ2n) is 7.74. The van der Waals surface area contributed by atoms with Gasteiger partial charge in [-0.2, -0.15) is 0 Å². The summed E-state index contributed by atoms with van der Waals surface area (Å²) >= 11 is 0. The number of alkyl carbamates (subject to hydrolysis) is 1. The van der Waals surface area contributed by atoms with Crippen molar-refractivity contribution in [2.45, 2.75) is 59.6 Å². The van der Waals surface area contributed by atoms with Crippen LogP contribution in [0, 0.1) is 5.92 Å². The van der Waals surface area contributed by atoms with Crippen molar-refractivity contribution in [1.29, 1.82) is 0 Å². The van der Waals surface area contributed by atoms with Gasteiger partial charge in [0.2, 0.25) is 5.91 Å². The smallest absolute Gasteiger partial charge is 0.408 e. The molecule has 1 atom stereocenters. The quantitative estimate of drug-likeness (QED) is 0.859. The van der Waals surface area contributed by atoms with Crippen LogP contribution in [-0.2, 0) is 9.53 Å². The first-order valence-corrected chi connectivity index (χ1v) is 8.59. The van der Waals surface area contributed by atoms with Crippen molar-refractivity contribution in [3.63, 3.8) is 0 Å². The van der Waals surface area contributed by atoms with E-state index in [-0.39, 0.29) is 5.91 Å². The normalized spacial score (nSPS) is 18.5. The van der Waals surface area contributed by atoms with Crippen LogP contribution in [0.5, 0.6) is 0 Å². The molecule has 0 radical (unpaired) electrons. The topological polar surface area (TPSA) is 61.9 Å². The summed E-state index contributed by atoms with van der Waals surface area (Å²) in [6, 6.07) is -0.568. The zero-order chi connectivity index (χ0) is 17.6. The molecule has 23 heavy (non-hydrogen) atoms. The van der Waals surface area contributed by atoms with Crippen LogP contribution < -0.4 is 5.32 Å². The van der Waals surface area contributed by atoms with Crippen LogP contribution in [0.25, 0.3) is 0 Å². The lowest BCUT2D eigenvalue weighted by Gasteiger charge is -2.26. The number of ether oxygens (including phenoxy) is 1. The number of carbonyl (C=O) groups is 2. The molecule has 0 saturated carbocycles. The van der Waals surface area contributed by atoms with Gasteiger partial charge in [-0.15, -0.1) is 0 Å². The molecule has 0 aromatic heterocycles. The van der Waals surface area contributed by atoms with Gasteiger partial charge in [-0.3, -0.25) is 4.79 Å². The van der Waals surface area contributed by atoms with Gasteiger partial charge in [0.05, 0.1) is 0 Å². The van der Waals surface area contributed by atoms with Crippen molar-refractivity contribution in [2.75, 3.05) is 32.7 Å². The maximum absolute atomic E-state index is 12.5. The van der Waals surface area contributed by atoms with Gasteiger partial charge in [0.1, 0.15) is 11.6 Å². The third-order valence-corrected chi connectivity index (χ3v) is 3.63. The van der Waals surface area contributed by atoms with Crippen LogP contribution in [0.15, 0.2) is 0 Å². The summed E-state index contributed by atoms with van der Waals surface area (Å²) in [5.41, 5.74) is -0.563. The predicted octanol–water partition coefficient (Wildman–Crippen LogP) is 2.09. The fraction of sp³-hybridized carbons (Fsp3) is 0.882. The molecule has 1 fully saturated rings. The minimum Gasteiger partial charge on any atom is -0.444 e. The molecule has 134 valence electrons. The fourth-order valence-electron chi connectivity index (χ4n) is 2.71. The van der Waals surface area contributed by atoms with E-state index < -0.39 is 17.7 Å². The SMILES string of the molecule is CC(C)CN1CCCN(C(=O)[C@@H](C)NC(=O)OC(C)(C)C)CC1. The van der Waals surface area contributed by atoms with Gasteiger partial charge in [0.15, 0.2) is 0 Å². The van der Waals surface area contributed by atoms with E-state index in [1.807, 2.05) is 4.90 Å². The van der Waals surface area contributed by atoms with Crippen molar-refractivity contribution in [1.82, 2.24) is 15.1 Å². The molecular formula is C17H33N3O3. The molecule has 1 saturated heterocycles. The summed E-state index contributed by atoms with van der Waals surface area (Å²) in [6.07, 6.45) is 0.423. The number of hydrogen-bond acceptors (Lipinski definition) is 4. The molecule has 0 aromatic carbocycles. The highest BCUT2D eigenvalue weighted by molar-refractivity contribution is 5.85. The third-order valence-electron chi connectivity index (χ3n) is 3.63. The molecule has 0 spiro atoms. The third kappa shape index (κ3) is 7.68. The van der Waals surface area contributed by atoms with E-state index in [0.717, 1.165) is 32.6 Å². The van der Waals surface area contributed by atoms with Gasteiger partial charge in [0, 0.05) is 26.2 Å². The van der Waals surface area contributed by atoms with Gasteiger partial charge in [-0.1, -0.05) is 13.8 Å². The number of nitrogens with zero attached hydrogens (tertiary/aromatic N) is 2. The number of amides is 2. The van der Waals surface area contributed by atoms with E-state index in [2.05, 4.69) is 24.1 Å². The first-order chi connectivity index (χ1) is 10.6. The molecule has 1 N–H and O–H groups in total. The minimum atomic E-state index is -0.568. The standard InChI is InChI=1S/C17H33N3O3/c1-13(2)12-19-8-7-9-20(11-10-19)15(21)14(3)18-16(22)23-17(4,5)6/h13-14H,7-12H2,1-6H3,(H,18,22)/t14-/m1/s1. The molecule has 0 unspecified atom stereocenters. The Balaban J connectivity index is 2.48. The molecular weight excluding hydrogens is 294 g/mol. The number of rotatable bonds is 4. The summed E-state index contributed by atoms with van der Waals surface area (Å²) in [4.78, 5) is 28.6. The lowest BCUT2D eigenvalue weighted by molar-refractivity contribution is -0.132. The van der Waals surface area contributed by atoms with E-state index in [1.54, 1.807) is 27.7 Å². The van der Waals surface area contributed by atoms with Crippen molar-refractivity contribution >= 4 is 12.0 Å². The van der Waals surface area contributed by atoms with E-state index in [4.69, 9.17) is 4.74 Å². The Morgan fingerprint density at radius 3 is 2.30 bits per heavy atom. The maximum atomic E-state index is 12.5. The molecule has 1 aliphatic rings. The van der Waals surface area contributed by atoms with Crippen LogP contribution in [0.3, 0.4) is 0 Å². The second-order valence-corrected chi connectivity index (χ2v) is 7.74. The first-order valence-electron chi connectivity index (χ1n) is 8.59. The van der Waals surface area contributed by atoms with Crippen LogP contribution in [-0.4, -0.2) is 66.2 Å². The van der Waals surface area contributed by atoms with Gasteiger partial charge in [-0.25, -0.2) is 4.79 Å². The Bertz CT molecular complexity index is 404. The van der Waals surface area contributed by atoms with E-state index >= 15 is 0 Å². The highest BCUT2D eigenvalue weighted by Gasteiger charge is 2.26. The van der Waals surface area contributed by atoms with Crippen LogP contribution in [0.4, 0.5) is 4.79 Å². The van der Waals surface area contributed by atoms with Crippen LogP contribution in [0.2, 0.25) is 0 Å². The molecule has 6 heteroatoms. The highest BCUT2D eigenvalue weighted by atomic mass is 16.6. The molecule has 1 heterocycles. The zero-order valence-corrected chi connectivity index (χ0v) is 15.5. The fourth-order valence-corrected chi connectivity index (χ4v) is 2.71. The number of hydrogen-bond donors (Lipinski definition) is 1. The Labute approximate surface area is 140 Å². The molecule has 0 bridgehead atoms. The van der Waals surface area contributed by atoms with Gasteiger partial charge < -0.3 is 19.9 Å². The van der Waals surface area contributed by atoms with Crippen LogP contribution >= 0.6 is 0 Å². The molecule has 2 amide bonds. The first kappa shape index (κ1) is 19.7. The Morgan fingerprint density at radius 2 is 1.74 bits per heavy atom. The lowest BCUT2D eigenvalue weighted by atomic mass is 10.2. The second kappa shape index (κ2) is 8.52. The Hall–Kier alpha value is -1.30. The summed E-state index contributed by atoms with van der Waals surface area (Å²) in [5.74, 6) is 0.590. The summed E-state index contributed by atoms with van der Waals surface area (Å²) < 4.78 is 5.20. The number of nitrogens with one attached hydrogen (secondary N) is 1.